The van der Waals surface area contributed by atoms with Crippen LogP contribution in [0.2, 0.25) is 5.02 Å². The van der Waals surface area contributed by atoms with Crippen LogP contribution in [0.5, 0.6) is 5.75 Å². The number of nitriles is 1. The van der Waals surface area contributed by atoms with E-state index in [0.29, 0.717) is 16.3 Å². The van der Waals surface area contributed by atoms with Gasteiger partial charge in [0, 0.05) is 29.7 Å². The van der Waals surface area contributed by atoms with Crippen LogP contribution in [0.3, 0.4) is 0 Å². The Labute approximate surface area is 133 Å². The normalized spacial score (nSPS) is 12.0. The van der Waals surface area contributed by atoms with E-state index in [1.165, 1.54) is 0 Å². The molecule has 1 atom stereocenters. The van der Waals surface area contributed by atoms with Crippen LogP contribution in [0.4, 0.5) is 0 Å². The zero-order chi connectivity index (χ0) is 15.5. The van der Waals surface area contributed by atoms with E-state index in [0.717, 1.165) is 17.6 Å². The van der Waals surface area contributed by atoms with E-state index < -0.39 is 0 Å². The summed E-state index contributed by atoms with van der Waals surface area (Å²) in [5.74, 6) is 0.505. The summed E-state index contributed by atoms with van der Waals surface area (Å²) in [4.78, 5) is 4.28. The second kappa shape index (κ2) is 6.08. The Hall–Kier alpha value is -2.51. The highest BCUT2D eigenvalue weighted by atomic mass is 35.5. The van der Waals surface area contributed by atoms with Crippen LogP contribution in [0.1, 0.15) is 30.6 Å². The van der Waals surface area contributed by atoms with Crippen molar-refractivity contribution in [1.82, 2.24) is 9.38 Å². The van der Waals surface area contributed by atoms with Crippen LogP contribution in [-0.4, -0.2) is 9.38 Å². The molecule has 3 rings (SSSR count). The molecule has 2 aromatic heterocycles. The van der Waals surface area contributed by atoms with Gasteiger partial charge in [0.15, 0.2) is 0 Å². The Bertz CT molecular complexity index is 850. The summed E-state index contributed by atoms with van der Waals surface area (Å²) in [6.45, 7) is 2.04. The molecule has 0 spiro atoms. The molecule has 3 aromatic rings. The summed E-state index contributed by atoms with van der Waals surface area (Å²) in [6.07, 6.45) is 6.21. The number of aromatic nitrogens is 2. The van der Waals surface area contributed by atoms with Gasteiger partial charge in [-0.05, 0) is 36.2 Å². The van der Waals surface area contributed by atoms with Gasteiger partial charge in [0.2, 0.25) is 0 Å². The lowest BCUT2D eigenvalue weighted by molar-refractivity contribution is 0.201. The highest BCUT2D eigenvalue weighted by Crippen LogP contribution is 2.30. The maximum absolute atomic E-state index is 9.19. The van der Waals surface area contributed by atoms with Gasteiger partial charge < -0.3 is 9.14 Å². The van der Waals surface area contributed by atoms with Crippen LogP contribution in [0.15, 0.2) is 48.9 Å². The zero-order valence-corrected chi connectivity index (χ0v) is 12.8. The van der Waals surface area contributed by atoms with Crippen molar-refractivity contribution in [1.29, 1.82) is 5.26 Å². The Morgan fingerprint density at radius 2 is 2.18 bits per heavy atom. The minimum absolute atomic E-state index is 0.160. The largest absolute Gasteiger partial charge is 0.484 e. The maximum atomic E-state index is 9.19. The fraction of sp³-hybridized carbons (Fsp3) is 0.176. The number of hydrogen-bond donors (Lipinski definition) is 0. The van der Waals surface area contributed by atoms with Gasteiger partial charge in [0.25, 0.3) is 0 Å². The van der Waals surface area contributed by atoms with E-state index in [9.17, 15) is 5.26 Å². The second-order valence-corrected chi connectivity index (χ2v) is 5.36. The van der Waals surface area contributed by atoms with Crippen molar-refractivity contribution >= 4 is 17.2 Å². The van der Waals surface area contributed by atoms with E-state index in [-0.39, 0.29) is 6.10 Å². The van der Waals surface area contributed by atoms with Gasteiger partial charge in [-0.2, -0.15) is 5.26 Å². The molecule has 0 saturated carbocycles. The first-order chi connectivity index (χ1) is 10.7. The molecule has 22 heavy (non-hydrogen) atoms. The first-order valence-corrected chi connectivity index (χ1v) is 7.38. The van der Waals surface area contributed by atoms with Gasteiger partial charge in [-0.3, -0.25) is 0 Å². The lowest BCUT2D eigenvalue weighted by atomic mass is 10.1. The van der Waals surface area contributed by atoms with Crippen molar-refractivity contribution in [2.75, 3.05) is 0 Å². The second-order valence-electron chi connectivity index (χ2n) is 4.92. The molecule has 1 aromatic carbocycles. The molecule has 5 heteroatoms. The summed E-state index contributed by atoms with van der Waals surface area (Å²) in [6, 6.07) is 11.2. The van der Waals surface area contributed by atoms with Gasteiger partial charge in [-0.25, -0.2) is 4.98 Å². The van der Waals surface area contributed by atoms with E-state index in [1.807, 2.05) is 35.9 Å². The van der Waals surface area contributed by atoms with Crippen molar-refractivity contribution in [3.05, 3.63) is 65.1 Å². The molecular weight excluding hydrogens is 298 g/mol. The third kappa shape index (κ3) is 2.76. The summed E-state index contributed by atoms with van der Waals surface area (Å²) in [5, 5.41) is 9.74. The topological polar surface area (TPSA) is 50.3 Å². The molecule has 0 amide bonds. The highest BCUT2D eigenvalue weighted by molar-refractivity contribution is 6.30. The summed E-state index contributed by atoms with van der Waals surface area (Å²) >= 11 is 6.01. The molecule has 0 saturated heterocycles. The Morgan fingerprint density at radius 3 is 2.95 bits per heavy atom. The van der Waals surface area contributed by atoms with Gasteiger partial charge in [-0.1, -0.05) is 18.5 Å². The molecule has 0 bridgehead atoms. The van der Waals surface area contributed by atoms with E-state index >= 15 is 0 Å². The number of fused-ring (bicyclic) bond motifs is 1. The summed E-state index contributed by atoms with van der Waals surface area (Å²) in [5.41, 5.74) is 2.36. The van der Waals surface area contributed by atoms with Crippen LogP contribution in [-0.2, 0) is 0 Å². The molecular formula is C17H14ClN3O. The number of halogens is 1. The molecule has 0 fully saturated rings. The van der Waals surface area contributed by atoms with Crippen LogP contribution in [0.25, 0.3) is 5.65 Å². The van der Waals surface area contributed by atoms with Gasteiger partial charge in [-0.15, -0.1) is 0 Å². The molecule has 0 aliphatic rings. The van der Waals surface area contributed by atoms with Gasteiger partial charge >= 0.3 is 0 Å². The monoisotopic (exact) mass is 311 g/mol. The fourth-order valence-corrected chi connectivity index (χ4v) is 2.51. The Kier molecular flexibility index (Phi) is 3.99. The number of imidazole rings is 1. The summed E-state index contributed by atoms with van der Waals surface area (Å²) in [7, 11) is 0. The minimum atomic E-state index is -0.160. The average Bonchev–Trinajstić information content (AvgIpc) is 3.00. The fourth-order valence-electron chi connectivity index (χ4n) is 2.35. The van der Waals surface area contributed by atoms with Crippen molar-refractivity contribution in [2.24, 2.45) is 0 Å². The number of hydrogen-bond acceptors (Lipinski definition) is 3. The lowest BCUT2D eigenvalue weighted by Gasteiger charge is -2.19. The maximum Gasteiger partial charge on any atom is 0.139 e. The van der Waals surface area contributed by atoms with E-state index in [4.69, 9.17) is 16.3 Å². The lowest BCUT2D eigenvalue weighted by Crippen LogP contribution is -2.08. The van der Waals surface area contributed by atoms with Gasteiger partial charge in [0.1, 0.15) is 23.6 Å². The standard InChI is InChI=1S/C17H14ClN3O/c1-2-15(12-5-7-21-8-6-20-17(21)9-12)22-16-10-14(18)4-3-13(16)11-19/h3-10,15H,2H2,1H3. The van der Waals surface area contributed by atoms with Crippen LogP contribution < -0.4 is 4.74 Å². The molecule has 4 nitrogen and oxygen atoms in total. The molecule has 0 radical (unpaired) electrons. The average molecular weight is 312 g/mol. The number of rotatable bonds is 4. The number of nitrogens with zero attached hydrogens (tertiary/aromatic N) is 3. The van der Waals surface area contributed by atoms with Crippen LogP contribution >= 0.6 is 11.6 Å². The molecule has 2 heterocycles. The first-order valence-electron chi connectivity index (χ1n) is 7.00. The SMILES string of the molecule is CCC(Oc1cc(Cl)ccc1C#N)c1ccn2ccnc2c1. The summed E-state index contributed by atoms with van der Waals surface area (Å²) < 4.78 is 7.97. The minimum Gasteiger partial charge on any atom is -0.484 e. The van der Waals surface area contributed by atoms with Crippen LogP contribution in [0, 0.1) is 11.3 Å². The highest BCUT2D eigenvalue weighted by Gasteiger charge is 2.15. The Morgan fingerprint density at radius 1 is 1.32 bits per heavy atom. The molecule has 110 valence electrons. The van der Waals surface area contributed by atoms with Crippen molar-refractivity contribution in [2.45, 2.75) is 19.4 Å². The van der Waals surface area contributed by atoms with E-state index in [1.54, 1.807) is 24.4 Å². The van der Waals surface area contributed by atoms with E-state index in [2.05, 4.69) is 11.1 Å². The van der Waals surface area contributed by atoms with Crippen molar-refractivity contribution in [3.63, 3.8) is 0 Å². The smallest absolute Gasteiger partial charge is 0.139 e. The quantitative estimate of drug-likeness (QED) is 0.718. The first kappa shape index (κ1) is 14.4. The molecule has 0 aliphatic carbocycles. The number of benzene rings is 1. The molecule has 0 N–H and O–H groups in total. The number of pyridine rings is 1. The third-order valence-corrected chi connectivity index (χ3v) is 3.73. The predicted octanol–water partition coefficient (Wildman–Crippen LogP) is 4.39. The Balaban J connectivity index is 1.94. The third-order valence-electron chi connectivity index (χ3n) is 3.50. The zero-order valence-electron chi connectivity index (χ0n) is 12.0. The van der Waals surface area contributed by atoms with Crippen molar-refractivity contribution in [3.8, 4) is 11.8 Å². The van der Waals surface area contributed by atoms with Crippen molar-refractivity contribution < 1.29 is 4.74 Å². The number of ether oxygens (including phenoxy) is 1. The van der Waals surface area contributed by atoms with Gasteiger partial charge in [0.05, 0.1) is 5.56 Å². The molecule has 0 aliphatic heterocycles. The molecule has 1 unspecified atom stereocenters. The predicted molar refractivity (Wildman–Crippen MR) is 85.0 cm³/mol.